The summed E-state index contributed by atoms with van der Waals surface area (Å²) in [6.07, 6.45) is 4.82. The summed E-state index contributed by atoms with van der Waals surface area (Å²) < 4.78 is 11.2. The van der Waals surface area contributed by atoms with E-state index >= 15 is 0 Å². The Balaban J connectivity index is 2.24. The lowest BCUT2D eigenvalue weighted by Crippen LogP contribution is -2.20. The summed E-state index contributed by atoms with van der Waals surface area (Å²) in [7, 11) is -0.705. The highest BCUT2D eigenvalue weighted by Crippen LogP contribution is 2.14. The quantitative estimate of drug-likeness (QED) is 0.610. The molecule has 0 amide bonds. The molecule has 2 atom stereocenters. The molecule has 1 rings (SSSR count). The molecule has 2 unspecified atom stereocenters. The van der Waals surface area contributed by atoms with Gasteiger partial charge in [-0.05, 0) is 36.9 Å². The molecule has 96 valence electrons. The van der Waals surface area contributed by atoms with Gasteiger partial charge in [-0.3, -0.25) is 4.21 Å². The summed E-state index contributed by atoms with van der Waals surface area (Å²) in [5.41, 5.74) is 1.30. The summed E-state index contributed by atoms with van der Waals surface area (Å²) in [6.45, 7) is 3.84. The Morgan fingerprint density at radius 1 is 1.35 bits per heavy atom. The van der Waals surface area contributed by atoms with Gasteiger partial charge in [0.25, 0.3) is 0 Å². The van der Waals surface area contributed by atoms with Crippen molar-refractivity contribution in [3.63, 3.8) is 0 Å². The van der Waals surface area contributed by atoms with E-state index in [0.29, 0.717) is 0 Å². The number of hydrogen-bond acceptors (Lipinski definition) is 3. The Bertz CT molecular complexity index is 351. The Hall–Kier alpha value is -0.320. The standard InChI is InChI=1S/C13H21NOS2/c1-11(17(3)15)8-9-14-10-12-4-6-13(16-2)7-5-12/h4-7,11,14H,8-10H2,1-3H3. The lowest BCUT2D eigenvalue weighted by molar-refractivity contribution is 0.629. The molecule has 4 heteroatoms. The summed E-state index contributed by atoms with van der Waals surface area (Å²) in [6, 6.07) is 8.59. The van der Waals surface area contributed by atoms with Crippen LogP contribution in [0.1, 0.15) is 18.9 Å². The van der Waals surface area contributed by atoms with Crippen LogP contribution in [0, 0.1) is 0 Å². The van der Waals surface area contributed by atoms with Gasteiger partial charge in [0, 0.05) is 33.7 Å². The maximum Gasteiger partial charge on any atom is 0.0329 e. The highest BCUT2D eigenvalue weighted by Gasteiger charge is 2.04. The van der Waals surface area contributed by atoms with Crippen LogP contribution in [-0.4, -0.2) is 28.5 Å². The van der Waals surface area contributed by atoms with Gasteiger partial charge in [0.05, 0.1) is 0 Å². The minimum absolute atomic E-state index is 0.279. The van der Waals surface area contributed by atoms with Crippen molar-refractivity contribution in [1.29, 1.82) is 0 Å². The number of hydrogen-bond donors (Lipinski definition) is 1. The SMILES string of the molecule is CSc1ccc(CNCCC(C)S(C)=O)cc1. The molecule has 2 nitrogen and oxygen atoms in total. The normalized spacial score (nSPS) is 14.5. The van der Waals surface area contributed by atoms with Gasteiger partial charge in [0.1, 0.15) is 0 Å². The topological polar surface area (TPSA) is 29.1 Å². The monoisotopic (exact) mass is 271 g/mol. The lowest BCUT2D eigenvalue weighted by Gasteiger charge is -2.09. The van der Waals surface area contributed by atoms with Crippen molar-refractivity contribution in [3.05, 3.63) is 29.8 Å². The highest BCUT2D eigenvalue weighted by molar-refractivity contribution is 7.98. The first-order valence-electron chi connectivity index (χ1n) is 5.79. The van der Waals surface area contributed by atoms with Gasteiger partial charge >= 0.3 is 0 Å². The third-order valence-electron chi connectivity index (χ3n) is 2.78. The van der Waals surface area contributed by atoms with Crippen molar-refractivity contribution in [3.8, 4) is 0 Å². The van der Waals surface area contributed by atoms with Gasteiger partial charge in [0.2, 0.25) is 0 Å². The smallest absolute Gasteiger partial charge is 0.0329 e. The van der Waals surface area contributed by atoms with Crippen molar-refractivity contribution < 1.29 is 4.21 Å². The molecule has 0 saturated heterocycles. The fourth-order valence-corrected chi connectivity index (χ4v) is 2.31. The molecule has 0 heterocycles. The summed E-state index contributed by atoms with van der Waals surface area (Å²) in [5.74, 6) is 0. The molecule has 1 N–H and O–H groups in total. The van der Waals surface area contributed by atoms with Gasteiger partial charge in [-0.15, -0.1) is 11.8 Å². The average molecular weight is 271 g/mol. The molecule has 17 heavy (non-hydrogen) atoms. The predicted molar refractivity (Wildman–Crippen MR) is 78.1 cm³/mol. The molecule has 0 radical (unpaired) electrons. The molecule has 0 bridgehead atoms. The fourth-order valence-electron chi connectivity index (χ4n) is 1.45. The molecule has 1 aromatic carbocycles. The van der Waals surface area contributed by atoms with Crippen LogP contribution in [0.4, 0.5) is 0 Å². The molecule has 0 aliphatic heterocycles. The summed E-state index contributed by atoms with van der Waals surface area (Å²) in [4.78, 5) is 1.30. The van der Waals surface area contributed by atoms with E-state index in [0.717, 1.165) is 19.5 Å². The number of benzene rings is 1. The van der Waals surface area contributed by atoms with Crippen LogP contribution in [0.3, 0.4) is 0 Å². The summed E-state index contributed by atoms with van der Waals surface area (Å²) >= 11 is 1.76. The second-order valence-corrected chi connectivity index (χ2v) is 6.80. The molecule has 0 fully saturated rings. The number of nitrogens with one attached hydrogen (secondary N) is 1. The Labute approximate surface area is 111 Å². The van der Waals surface area contributed by atoms with E-state index in [1.165, 1.54) is 10.5 Å². The maximum atomic E-state index is 11.2. The fraction of sp³-hybridized carbons (Fsp3) is 0.538. The van der Waals surface area contributed by atoms with E-state index in [4.69, 9.17) is 0 Å². The van der Waals surface area contributed by atoms with E-state index in [1.54, 1.807) is 18.0 Å². The van der Waals surface area contributed by atoms with Crippen LogP contribution >= 0.6 is 11.8 Å². The zero-order valence-electron chi connectivity index (χ0n) is 10.7. The van der Waals surface area contributed by atoms with Crippen LogP contribution in [0.15, 0.2) is 29.2 Å². The Morgan fingerprint density at radius 3 is 2.53 bits per heavy atom. The van der Waals surface area contributed by atoms with Crippen LogP contribution in [0.5, 0.6) is 0 Å². The van der Waals surface area contributed by atoms with Crippen LogP contribution < -0.4 is 5.32 Å². The van der Waals surface area contributed by atoms with Crippen LogP contribution in [0.2, 0.25) is 0 Å². The second kappa shape index (κ2) is 7.90. The molecule has 0 aromatic heterocycles. The third kappa shape index (κ3) is 5.70. The van der Waals surface area contributed by atoms with Crippen molar-refractivity contribution in [1.82, 2.24) is 5.32 Å². The first kappa shape index (κ1) is 14.7. The van der Waals surface area contributed by atoms with Crippen molar-refractivity contribution in [2.24, 2.45) is 0 Å². The maximum absolute atomic E-state index is 11.2. The zero-order chi connectivity index (χ0) is 12.7. The number of thioether (sulfide) groups is 1. The molecular weight excluding hydrogens is 250 g/mol. The summed E-state index contributed by atoms with van der Waals surface area (Å²) in [5, 5.41) is 3.66. The van der Waals surface area contributed by atoms with Gasteiger partial charge in [0.15, 0.2) is 0 Å². The Morgan fingerprint density at radius 2 is 2.00 bits per heavy atom. The predicted octanol–water partition coefficient (Wildman–Crippen LogP) is 2.66. The van der Waals surface area contributed by atoms with Gasteiger partial charge in [-0.2, -0.15) is 0 Å². The molecule has 1 aromatic rings. The van der Waals surface area contributed by atoms with Crippen molar-refractivity contribution in [2.75, 3.05) is 19.1 Å². The second-order valence-electron chi connectivity index (χ2n) is 4.12. The molecule has 0 saturated carbocycles. The molecule has 0 aliphatic carbocycles. The first-order chi connectivity index (χ1) is 8.13. The van der Waals surface area contributed by atoms with Crippen molar-refractivity contribution >= 4 is 22.6 Å². The minimum atomic E-state index is -0.705. The first-order valence-corrected chi connectivity index (χ1v) is 8.64. The van der Waals surface area contributed by atoms with Gasteiger partial charge in [-0.25, -0.2) is 0 Å². The lowest BCUT2D eigenvalue weighted by atomic mass is 10.2. The van der Waals surface area contributed by atoms with Crippen molar-refractivity contribution in [2.45, 2.75) is 30.0 Å². The minimum Gasteiger partial charge on any atom is -0.313 e. The van der Waals surface area contributed by atoms with E-state index in [9.17, 15) is 4.21 Å². The van der Waals surface area contributed by atoms with E-state index < -0.39 is 10.8 Å². The average Bonchev–Trinajstić information content (AvgIpc) is 2.35. The zero-order valence-corrected chi connectivity index (χ0v) is 12.4. The van der Waals surface area contributed by atoms with Crippen LogP contribution in [0.25, 0.3) is 0 Å². The van der Waals surface area contributed by atoms with Gasteiger partial charge in [-0.1, -0.05) is 19.1 Å². The highest BCUT2D eigenvalue weighted by atomic mass is 32.2. The number of rotatable bonds is 7. The Kier molecular flexibility index (Phi) is 6.85. The van der Waals surface area contributed by atoms with E-state index in [2.05, 4.69) is 35.8 Å². The van der Waals surface area contributed by atoms with Crippen LogP contribution in [-0.2, 0) is 17.3 Å². The van der Waals surface area contributed by atoms with Gasteiger partial charge < -0.3 is 5.32 Å². The third-order valence-corrected chi connectivity index (χ3v) is 4.89. The molecule has 0 spiro atoms. The molecular formula is C13H21NOS2. The van der Waals surface area contributed by atoms with E-state index in [-0.39, 0.29) is 5.25 Å². The molecule has 0 aliphatic rings. The van der Waals surface area contributed by atoms with E-state index in [1.807, 2.05) is 6.92 Å². The largest absolute Gasteiger partial charge is 0.313 e.